The molecule has 0 amide bonds. The molecule has 3 aromatic rings. The van der Waals surface area contributed by atoms with Crippen LogP contribution in [0.3, 0.4) is 0 Å². The molecule has 1 N–H and O–H groups in total. The van der Waals surface area contributed by atoms with Crippen LogP contribution in [-0.2, 0) is 11.3 Å². The number of H-pyrrole nitrogens is 1. The molecule has 160 valence electrons. The molecule has 0 aliphatic rings. The van der Waals surface area contributed by atoms with Crippen molar-refractivity contribution in [2.24, 2.45) is 0 Å². The quantitative estimate of drug-likeness (QED) is 0.303. The van der Waals surface area contributed by atoms with Crippen LogP contribution in [-0.4, -0.2) is 44.6 Å². The van der Waals surface area contributed by atoms with Gasteiger partial charge in [0.15, 0.2) is 10.9 Å². The van der Waals surface area contributed by atoms with Gasteiger partial charge >= 0.3 is 5.69 Å². The van der Waals surface area contributed by atoms with E-state index in [1.807, 2.05) is 18.4 Å². The molecule has 0 atom stereocenters. The Morgan fingerprint density at radius 3 is 2.80 bits per heavy atom. The van der Waals surface area contributed by atoms with Gasteiger partial charge in [0, 0.05) is 42.9 Å². The SMILES string of the molecule is COCCCn1c(SCC(=O)c2cc(C)n(-c3ccc(F)c(Cl)c3)c2C)n[nH]c1=O. The van der Waals surface area contributed by atoms with E-state index in [-0.39, 0.29) is 22.2 Å². The first-order valence-corrected chi connectivity index (χ1v) is 10.6. The Hall–Kier alpha value is -2.36. The monoisotopic (exact) mass is 452 g/mol. The zero-order valence-electron chi connectivity index (χ0n) is 16.9. The molecule has 0 aliphatic carbocycles. The van der Waals surface area contributed by atoms with Gasteiger partial charge in [0.1, 0.15) is 5.82 Å². The number of aromatic amines is 1. The van der Waals surface area contributed by atoms with Crippen LogP contribution < -0.4 is 5.69 Å². The zero-order chi connectivity index (χ0) is 21.8. The lowest BCUT2D eigenvalue weighted by Crippen LogP contribution is -2.18. The van der Waals surface area contributed by atoms with Crippen molar-refractivity contribution in [3.8, 4) is 5.69 Å². The van der Waals surface area contributed by atoms with Gasteiger partial charge in [0.25, 0.3) is 0 Å². The fourth-order valence-corrected chi connectivity index (χ4v) is 4.28. The summed E-state index contributed by atoms with van der Waals surface area (Å²) in [5, 5.41) is 6.91. The molecular formula is C20H22ClFN4O3S. The summed E-state index contributed by atoms with van der Waals surface area (Å²) in [6, 6.07) is 6.25. The molecular weight excluding hydrogens is 431 g/mol. The Morgan fingerprint density at radius 2 is 2.10 bits per heavy atom. The summed E-state index contributed by atoms with van der Waals surface area (Å²) in [5.41, 5.74) is 2.50. The minimum atomic E-state index is -0.494. The highest BCUT2D eigenvalue weighted by Gasteiger charge is 2.19. The number of carbonyl (C=O) groups excluding carboxylic acids is 1. The van der Waals surface area contributed by atoms with Gasteiger partial charge in [0.05, 0.1) is 10.8 Å². The smallest absolute Gasteiger partial charge is 0.343 e. The minimum absolute atomic E-state index is 0.0217. The third-order valence-corrected chi connectivity index (χ3v) is 5.94. The van der Waals surface area contributed by atoms with E-state index in [0.29, 0.717) is 36.0 Å². The molecule has 30 heavy (non-hydrogen) atoms. The van der Waals surface area contributed by atoms with E-state index in [0.717, 1.165) is 11.4 Å². The van der Waals surface area contributed by atoms with Crippen molar-refractivity contribution < 1.29 is 13.9 Å². The van der Waals surface area contributed by atoms with Gasteiger partial charge in [-0.2, -0.15) is 0 Å². The van der Waals surface area contributed by atoms with Crippen LogP contribution in [0.25, 0.3) is 5.69 Å². The van der Waals surface area contributed by atoms with Gasteiger partial charge in [-0.15, -0.1) is 5.10 Å². The van der Waals surface area contributed by atoms with Gasteiger partial charge in [-0.25, -0.2) is 14.3 Å². The standard InChI is InChI=1S/C20H22ClFN4O3S/c1-12-9-15(13(2)26(12)14-5-6-17(22)16(21)10-14)18(27)11-30-20-24-23-19(28)25(20)7-4-8-29-3/h5-6,9-10H,4,7-8,11H2,1-3H3,(H,23,28). The number of benzene rings is 1. The number of methoxy groups -OCH3 is 1. The summed E-state index contributed by atoms with van der Waals surface area (Å²) >= 11 is 7.12. The summed E-state index contributed by atoms with van der Waals surface area (Å²) in [7, 11) is 1.60. The van der Waals surface area contributed by atoms with E-state index in [9.17, 15) is 14.0 Å². The third kappa shape index (κ3) is 4.69. The first-order chi connectivity index (χ1) is 14.3. The highest BCUT2D eigenvalue weighted by molar-refractivity contribution is 7.99. The van der Waals surface area contributed by atoms with Crippen LogP contribution in [0.1, 0.15) is 28.2 Å². The number of nitrogens with zero attached hydrogens (tertiary/aromatic N) is 3. The lowest BCUT2D eigenvalue weighted by molar-refractivity contribution is 0.102. The molecule has 0 saturated carbocycles. The molecule has 10 heteroatoms. The Balaban J connectivity index is 1.77. The normalized spacial score (nSPS) is 11.2. The van der Waals surface area contributed by atoms with Gasteiger partial charge in [-0.05, 0) is 44.5 Å². The summed E-state index contributed by atoms with van der Waals surface area (Å²) in [6.45, 7) is 4.69. The molecule has 3 rings (SSSR count). The molecule has 0 aliphatic heterocycles. The fraction of sp³-hybridized carbons (Fsp3) is 0.350. The average Bonchev–Trinajstić information content (AvgIpc) is 3.21. The van der Waals surface area contributed by atoms with E-state index < -0.39 is 5.82 Å². The van der Waals surface area contributed by atoms with Crippen LogP contribution in [0, 0.1) is 19.7 Å². The molecule has 7 nitrogen and oxygen atoms in total. The number of ether oxygens (including phenoxy) is 1. The summed E-state index contributed by atoms with van der Waals surface area (Å²) < 4.78 is 21.9. The van der Waals surface area contributed by atoms with Crippen molar-refractivity contribution in [1.29, 1.82) is 0 Å². The second kappa shape index (κ2) is 9.63. The fourth-order valence-electron chi connectivity index (χ4n) is 3.25. The van der Waals surface area contributed by atoms with E-state index in [4.69, 9.17) is 16.3 Å². The number of nitrogens with one attached hydrogen (secondary N) is 1. The second-order valence-corrected chi connectivity index (χ2v) is 8.09. The Morgan fingerprint density at radius 1 is 1.33 bits per heavy atom. The summed E-state index contributed by atoms with van der Waals surface area (Å²) in [6.07, 6.45) is 0.666. The molecule has 0 radical (unpaired) electrons. The first kappa shape index (κ1) is 22.3. The van der Waals surface area contributed by atoms with Gasteiger partial charge in [-0.1, -0.05) is 23.4 Å². The largest absolute Gasteiger partial charge is 0.385 e. The van der Waals surface area contributed by atoms with Gasteiger partial charge in [0.2, 0.25) is 0 Å². The highest BCUT2D eigenvalue weighted by atomic mass is 35.5. The van der Waals surface area contributed by atoms with Crippen molar-refractivity contribution in [1.82, 2.24) is 19.3 Å². The number of thioether (sulfide) groups is 1. The lowest BCUT2D eigenvalue weighted by Gasteiger charge is -2.10. The Kier molecular flexibility index (Phi) is 7.17. The molecule has 0 bridgehead atoms. The van der Waals surface area contributed by atoms with Crippen molar-refractivity contribution in [2.45, 2.75) is 32.0 Å². The average molecular weight is 453 g/mol. The number of hydrogen-bond donors (Lipinski definition) is 1. The molecule has 0 spiro atoms. The van der Waals surface area contributed by atoms with Crippen molar-refractivity contribution in [3.05, 3.63) is 62.5 Å². The van der Waals surface area contributed by atoms with Crippen molar-refractivity contribution >= 4 is 29.1 Å². The summed E-state index contributed by atoms with van der Waals surface area (Å²) in [5.74, 6) is -0.458. The molecule has 2 heterocycles. The Bertz CT molecular complexity index is 1120. The van der Waals surface area contributed by atoms with Gasteiger partial charge in [-0.3, -0.25) is 9.36 Å². The number of aryl methyl sites for hydroxylation is 1. The minimum Gasteiger partial charge on any atom is -0.385 e. The maximum atomic E-state index is 13.5. The number of hydrogen-bond acceptors (Lipinski definition) is 5. The third-order valence-electron chi connectivity index (χ3n) is 4.68. The predicted octanol–water partition coefficient (Wildman–Crippen LogP) is 3.78. The molecule has 2 aromatic heterocycles. The molecule has 1 aromatic carbocycles. The van der Waals surface area contributed by atoms with Crippen LogP contribution in [0.15, 0.2) is 34.2 Å². The number of ketones is 1. The molecule has 0 saturated heterocycles. The maximum Gasteiger partial charge on any atom is 0.343 e. The molecule has 0 fully saturated rings. The number of carbonyl (C=O) groups is 1. The van der Waals surface area contributed by atoms with E-state index in [1.165, 1.54) is 28.5 Å². The Labute approximate surface area is 182 Å². The van der Waals surface area contributed by atoms with Crippen LogP contribution in [0.5, 0.6) is 0 Å². The van der Waals surface area contributed by atoms with E-state index in [1.54, 1.807) is 19.2 Å². The lowest BCUT2D eigenvalue weighted by atomic mass is 10.2. The molecule has 0 unspecified atom stereocenters. The summed E-state index contributed by atoms with van der Waals surface area (Å²) in [4.78, 5) is 24.8. The van der Waals surface area contributed by atoms with E-state index in [2.05, 4.69) is 10.2 Å². The number of Topliss-reactive ketones (excluding diaryl/α,β-unsaturated/α-hetero) is 1. The van der Waals surface area contributed by atoms with Crippen LogP contribution in [0.4, 0.5) is 4.39 Å². The van der Waals surface area contributed by atoms with Crippen LogP contribution in [0.2, 0.25) is 5.02 Å². The zero-order valence-corrected chi connectivity index (χ0v) is 18.4. The van der Waals surface area contributed by atoms with E-state index >= 15 is 0 Å². The number of halogens is 2. The van der Waals surface area contributed by atoms with Crippen molar-refractivity contribution in [2.75, 3.05) is 19.5 Å². The maximum absolute atomic E-state index is 13.5. The first-order valence-electron chi connectivity index (χ1n) is 9.28. The predicted molar refractivity (Wildman–Crippen MR) is 115 cm³/mol. The number of rotatable bonds is 9. The number of aromatic nitrogens is 4. The van der Waals surface area contributed by atoms with Gasteiger partial charge < -0.3 is 9.30 Å². The topological polar surface area (TPSA) is 81.9 Å². The van der Waals surface area contributed by atoms with Crippen LogP contribution >= 0.6 is 23.4 Å². The second-order valence-electron chi connectivity index (χ2n) is 6.74. The highest BCUT2D eigenvalue weighted by Crippen LogP contribution is 2.26. The van der Waals surface area contributed by atoms with Crippen molar-refractivity contribution in [3.63, 3.8) is 0 Å².